The van der Waals surface area contributed by atoms with Crippen LogP contribution in [-0.2, 0) is 11.3 Å². The largest absolute Gasteiger partial charge is 0.335 e. The van der Waals surface area contributed by atoms with Crippen LogP contribution in [0, 0.1) is 5.82 Å². The summed E-state index contributed by atoms with van der Waals surface area (Å²) in [7, 11) is 0. The quantitative estimate of drug-likeness (QED) is 0.789. The minimum Gasteiger partial charge on any atom is -0.335 e. The predicted molar refractivity (Wildman–Crippen MR) is 80.8 cm³/mol. The van der Waals surface area contributed by atoms with E-state index in [1.165, 1.54) is 18.2 Å². The van der Waals surface area contributed by atoms with Gasteiger partial charge in [0.15, 0.2) is 0 Å². The van der Waals surface area contributed by atoms with E-state index in [-0.39, 0.29) is 11.7 Å². The van der Waals surface area contributed by atoms with Crippen LogP contribution in [0.2, 0.25) is 0 Å². The van der Waals surface area contributed by atoms with Crippen molar-refractivity contribution in [3.8, 4) is 0 Å². The smallest absolute Gasteiger partial charge is 0.246 e. The molecule has 0 bridgehead atoms. The number of pyridine rings is 1. The summed E-state index contributed by atoms with van der Waals surface area (Å²) in [5, 5.41) is 0. The first-order valence-corrected chi connectivity index (χ1v) is 6.80. The summed E-state index contributed by atoms with van der Waals surface area (Å²) in [6.07, 6.45) is 6.61. The molecule has 1 amide bonds. The van der Waals surface area contributed by atoms with E-state index in [4.69, 9.17) is 0 Å². The molecule has 0 saturated heterocycles. The molecule has 0 aliphatic rings. The maximum Gasteiger partial charge on any atom is 0.246 e. The Morgan fingerprint density at radius 3 is 2.86 bits per heavy atom. The van der Waals surface area contributed by atoms with Crippen molar-refractivity contribution in [1.82, 2.24) is 9.88 Å². The van der Waals surface area contributed by atoms with Gasteiger partial charge >= 0.3 is 0 Å². The van der Waals surface area contributed by atoms with Crippen LogP contribution >= 0.6 is 0 Å². The zero-order valence-corrected chi connectivity index (χ0v) is 11.9. The van der Waals surface area contributed by atoms with Gasteiger partial charge in [0.2, 0.25) is 5.91 Å². The summed E-state index contributed by atoms with van der Waals surface area (Å²) in [5.41, 5.74) is 1.65. The molecule has 0 saturated carbocycles. The second-order valence-corrected chi connectivity index (χ2v) is 4.60. The molecular weight excluding hydrogens is 267 g/mol. The zero-order valence-electron chi connectivity index (χ0n) is 11.9. The Kier molecular flexibility index (Phi) is 5.21. The second-order valence-electron chi connectivity index (χ2n) is 4.60. The first kappa shape index (κ1) is 14.9. The highest BCUT2D eigenvalue weighted by Crippen LogP contribution is 2.08. The summed E-state index contributed by atoms with van der Waals surface area (Å²) < 4.78 is 13.2. The van der Waals surface area contributed by atoms with E-state index in [1.54, 1.807) is 29.4 Å². The molecule has 2 rings (SSSR count). The first-order valence-electron chi connectivity index (χ1n) is 6.80. The Morgan fingerprint density at radius 1 is 1.33 bits per heavy atom. The van der Waals surface area contributed by atoms with Crippen molar-refractivity contribution in [2.75, 3.05) is 6.54 Å². The molecule has 21 heavy (non-hydrogen) atoms. The molecule has 0 unspecified atom stereocenters. The van der Waals surface area contributed by atoms with Gasteiger partial charge < -0.3 is 4.90 Å². The van der Waals surface area contributed by atoms with Crippen molar-refractivity contribution < 1.29 is 9.18 Å². The lowest BCUT2D eigenvalue weighted by Crippen LogP contribution is -2.28. The van der Waals surface area contributed by atoms with Gasteiger partial charge in [-0.3, -0.25) is 9.78 Å². The molecule has 1 heterocycles. The fourth-order valence-corrected chi connectivity index (χ4v) is 1.95. The molecule has 1 aromatic heterocycles. The molecule has 1 aromatic carbocycles. The van der Waals surface area contributed by atoms with Crippen molar-refractivity contribution >= 4 is 12.0 Å². The minimum atomic E-state index is -0.290. The van der Waals surface area contributed by atoms with Crippen molar-refractivity contribution in [3.05, 3.63) is 71.8 Å². The van der Waals surface area contributed by atoms with E-state index in [0.29, 0.717) is 13.1 Å². The van der Waals surface area contributed by atoms with Crippen LogP contribution in [0.25, 0.3) is 6.08 Å². The van der Waals surface area contributed by atoms with Gasteiger partial charge in [-0.15, -0.1) is 0 Å². The summed E-state index contributed by atoms with van der Waals surface area (Å²) >= 11 is 0. The van der Waals surface area contributed by atoms with Gasteiger partial charge in [0.05, 0.1) is 0 Å². The Hall–Kier alpha value is -2.49. The number of hydrogen-bond donors (Lipinski definition) is 0. The minimum absolute atomic E-state index is 0.106. The molecule has 0 aliphatic heterocycles. The van der Waals surface area contributed by atoms with Crippen LogP contribution in [0.5, 0.6) is 0 Å². The van der Waals surface area contributed by atoms with Crippen molar-refractivity contribution in [3.63, 3.8) is 0 Å². The molecule has 3 nitrogen and oxygen atoms in total. The monoisotopic (exact) mass is 284 g/mol. The SMILES string of the molecule is CCN(Cc1cccc(F)c1)C(=O)/C=C/c1cccnc1. The van der Waals surface area contributed by atoms with Gasteiger partial charge in [-0.05, 0) is 42.3 Å². The van der Waals surface area contributed by atoms with E-state index >= 15 is 0 Å². The summed E-state index contributed by atoms with van der Waals surface area (Å²) in [6, 6.07) is 9.98. The molecule has 0 radical (unpaired) electrons. The van der Waals surface area contributed by atoms with E-state index in [0.717, 1.165) is 11.1 Å². The Bertz CT molecular complexity index is 626. The molecule has 0 N–H and O–H groups in total. The third-order valence-electron chi connectivity index (χ3n) is 3.06. The third kappa shape index (κ3) is 4.53. The molecular formula is C17H17FN2O. The average Bonchev–Trinajstić information content (AvgIpc) is 2.51. The Labute approximate surface area is 123 Å². The zero-order chi connectivity index (χ0) is 15.1. The van der Waals surface area contributed by atoms with E-state index in [1.807, 2.05) is 25.1 Å². The van der Waals surface area contributed by atoms with E-state index in [9.17, 15) is 9.18 Å². The standard InChI is InChI=1S/C17H17FN2O/c1-2-20(13-15-5-3-7-16(18)11-15)17(21)9-8-14-6-4-10-19-12-14/h3-12H,2,13H2,1H3/b9-8+. The molecule has 0 fully saturated rings. The second kappa shape index (κ2) is 7.33. The van der Waals surface area contributed by atoms with Crippen LogP contribution in [-0.4, -0.2) is 22.3 Å². The first-order chi connectivity index (χ1) is 10.2. The van der Waals surface area contributed by atoms with Crippen LogP contribution in [0.1, 0.15) is 18.1 Å². The predicted octanol–water partition coefficient (Wildman–Crippen LogP) is 3.28. The van der Waals surface area contributed by atoms with Gasteiger partial charge in [0.25, 0.3) is 0 Å². The highest BCUT2D eigenvalue weighted by molar-refractivity contribution is 5.91. The number of benzene rings is 1. The molecule has 4 heteroatoms. The molecule has 0 aliphatic carbocycles. The van der Waals surface area contributed by atoms with Gasteiger partial charge in [0, 0.05) is 31.6 Å². The normalized spacial score (nSPS) is 10.8. The highest BCUT2D eigenvalue weighted by Gasteiger charge is 2.09. The number of hydrogen-bond acceptors (Lipinski definition) is 2. The summed E-state index contributed by atoms with van der Waals surface area (Å²) in [5.74, 6) is -0.396. The number of nitrogens with zero attached hydrogens (tertiary/aromatic N) is 2. The van der Waals surface area contributed by atoms with Crippen molar-refractivity contribution in [2.45, 2.75) is 13.5 Å². The van der Waals surface area contributed by atoms with Crippen molar-refractivity contribution in [2.24, 2.45) is 0 Å². The Balaban J connectivity index is 2.03. The number of carbonyl (C=O) groups is 1. The Morgan fingerprint density at radius 2 is 2.19 bits per heavy atom. The van der Waals surface area contributed by atoms with E-state index < -0.39 is 0 Å². The van der Waals surface area contributed by atoms with Gasteiger partial charge in [0.1, 0.15) is 5.82 Å². The van der Waals surface area contributed by atoms with Gasteiger partial charge in [-0.25, -0.2) is 4.39 Å². The number of rotatable bonds is 5. The maximum absolute atomic E-state index is 13.2. The van der Waals surface area contributed by atoms with Gasteiger partial charge in [-0.1, -0.05) is 18.2 Å². The number of aromatic nitrogens is 1. The summed E-state index contributed by atoms with van der Waals surface area (Å²) in [6.45, 7) is 2.85. The molecule has 0 atom stereocenters. The summed E-state index contributed by atoms with van der Waals surface area (Å²) in [4.78, 5) is 17.8. The van der Waals surface area contributed by atoms with Crippen molar-refractivity contribution in [1.29, 1.82) is 0 Å². The van der Waals surface area contributed by atoms with Crippen LogP contribution < -0.4 is 0 Å². The number of amides is 1. The fourth-order valence-electron chi connectivity index (χ4n) is 1.95. The number of carbonyl (C=O) groups excluding carboxylic acids is 1. The van der Waals surface area contributed by atoms with Crippen LogP contribution in [0.4, 0.5) is 4.39 Å². The topological polar surface area (TPSA) is 33.2 Å². The third-order valence-corrected chi connectivity index (χ3v) is 3.06. The van der Waals surface area contributed by atoms with Crippen LogP contribution in [0.15, 0.2) is 54.9 Å². The highest BCUT2D eigenvalue weighted by atomic mass is 19.1. The molecule has 108 valence electrons. The van der Waals surface area contributed by atoms with Gasteiger partial charge in [-0.2, -0.15) is 0 Å². The lowest BCUT2D eigenvalue weighted by atomic mass is 10.2. The lowest BCUT2D eigenvalue weighted by Gasteiger charge is -2.19. The maximum atomic E-state index is 13.2. The lowest BCUT2D eigenvalue weighted by molar-refractivity contribution is -0.126. The van der Waals surface area contributed by atoms with E-state index in [2.05, 4.69) is 4.98 Å². The molecule has 0 spiro atoms. The average molecular weight is 284 g/mol. The number of halogens is 1. The van der Waals surface area contributed by atoms with Crippen LogP contribution in [0.3, 0.4) is 0 Å². The number of likely N-dealkylation sites (N-methyl/N-ethyl adjacent to an activating group) is 1. The fraction of sp³-hybridized carbons (Fsp3) is 0.176. The molecule has 2 aromatic rings.